The molecule has 0 saturated heterocycles. The van der Waals surface area contributed by atoms with Crippen LogP contribution in [0.1, 0.15) is 13.8 Å². The molecule has 0 N–H and O–H groups in total. The molecule has 0 spiro atoms. The average Bonchev–Trinajstić information content (AvgIpc) is 2.28. The molecule has 10 heteroatoms. The van der Waals surface area contributed by atoms with Gasteiger partial charge in [-0.25, -0.2) is 21.8 Å². The van der Waals surface area contributed by atoms with E-state index in [4.69, 9.17) is 10.7 Å². The average molecular weight is 343 g/mol. The normalized spacial score (nSPS) is 12.8. The van der Waals surface area contributed by atoms with Gasteiger partial charge in [0.25, 0.3) is 5.56 Å². The highest BCUT2D eigenvalue weighted by molar-refractivity contribution is 8.14. The summed E-state index contributed by atoms with van der Waals surface area (Å²) in [6, 6.07) is 0. The summed E-state index contributed by atoms with van der Waals surface area (Å²) in [5, 5.41) is -0.652. The van der Waals surface area contributed by atoms with Gasteiger partial charge in [-0.2, -0.15) is 0 Å². The maximum absolute atomic E-state index is 12.0. The summed E-state index contributed by atoms with van der Waals surface area (Å²) in [5.74, 6) is -1.39. The molecule has 0 bridgehead atoms. The van der Waals surface area contributed by atoms with Crippen molar-refractivity contribution in [2.24, 2.45) is 5.92 Å². The second kappa shape index (κ2) is 6.23. The number of sulfone groups is 1. The molecular formula is C10H15ClN2O5S2. The van der Waals surface area contributed by atoms with E-state index in [0.717, 1.165) is 0 Å². The highest BCUT2D eigenvalue weighted by Gasteiger charge is 2.24. The Labute approximate surface area is 121 Å². The standard InChI is InChI=1S/C10H15ClN2O5S2/c1-8(2)7-13-4-3-12-9(10(13)14)19(15,16)5-6-20(11,17)18/h3-4,8H,5-7H2,1-2H3. The molecular weight excluding hydrogens is 328 g/mol. The SMILES string of the molecule is CC(C)Cn1ccnc(S(=O)(=O)CCS(=O)(=O)Cl)c1=O. The van der Waals surface area contributed by atoms with Crippen molar-refractivity contribution >= 4 is 29.6 Å². The van der Waals surface area contributed by atoms with Crippen molar-refractivity contribution in [2.75, 3.05) is 11.5 Å². The van der Waals surface area contributed by atoms with Crippen molar-refractivity contribution in [1.82, 2.24) is 9.55 Å². The third kappa shape index (κ3) is 4.88. The number of aromatic nitrogens is 2. The number of rotatable bonds is 6. The first kappa shape index (κ1) is 17.1. The number of halogens is 1. The minimum Gasteiger partial charge on any atom is -0.311 e. The summed E-state index contributed by atoms with van der Waals surface area (Å²) >= 11 is 0. The van der Waals surface area contributed by atoms with Gasteiger partial charge in [0.05, 0.1) is 11.5 Å². The van der Waals surface area contributed by atoms with Gasteiger partial charge in [0.1, 0.15) is 0 Å². The summed E-state index contributed by atoms with van der Waals surface area (Å²) in [6.07, 6.45) is 2.59. The molecule has 0 saturated carbocycles. The molecule has 0 fully saturated rings. The molecule has 0 unspecified atom stereocenters. The van der Waals surface area contributed by atoms with Gasteiger partial charge in [-0.15, -0.1) is 0 Å². The van der Waals surface area contributed by atoms with Crippen LogP contribution in [0.3, 0.4) is 0 Å². The third-order valence-corrected chi connectivity index (χ3v) is 5.36. The molecule has 7 nitrogen and oxygen atoms in total. The van der Waals surface area contributed by atoms with Gasteiger partial charge in [-0.05, 0) is 5.92 Å². The summed E-state index contributed by atoms with van der Waals surface area (Å²) in [5.41, 5.74) is -0.756. The predicted molar refractivity (Wildman–Crippen MR) is 75.0 cm³/mol. The Morgan fingerprint density at radius 3 is 2.35 bits per heavy atom. The monoisotopic (exact) mass is 342 g/mol. The Morgan fingerprint density at radius 2 is 1.85 bits per heavy atom. The summed E-state index contributed by atoms with van der Waals surface area (Å²) in [4.78, 5) is 15.6. The maximum Gasteiger partial charge on any atom is 0.288 e. The van der Waals surface area contributed by atoms with E-state index in [2.05, 4.69) is 4.98 Å². The van der Waals surface area contributed by atoms with Crippen LogP contribution in [0.25, 0.3) is 0 Å². The number of hydrogen-bond acceptors (Lipinski definition) is 6. The van der Waals surface area contributed by atoms with E-state index in [1.807, 2.05) is 13.8 Å². The van der Waals surface area contributed by atoms with Gasteiger partial charge in [0.2, 0.25) is 23.9 Å². The van der Waals surface area contributed by atoms with E-state index in [1.165, 1.54) is 17.0 Å². The molecule has 0 amide bonds. The van der Waals surface area contributed by atoms with Crippen LogP contribution in [-0.4, -0.2) is 37.9 Å². The minimum atomic E-state index is -4.09. The van der Waals surface area contributed by atoms with Crippen LogP contribution >= 0.6 is 10.7 Å². The fourth-order valence-electron chi connectivity index (χ4n) is 1.48. The van der Waals surface area contributed by atoms with Crippen LogP contribution in [0.15, 0.2) is 22.2 Å². The molecule has 0 atom stereocenters. The first-order valence-electron chi connectivity index (χ1n) is 5.73. The van der Waals surface area contributed by atoms with Crippen LogP contribution in [0, 0.1) is 5.92 Å². The fourth-order valence-corrected chi connectivity index (χ4v) is 4.52. The van der Waals surface area contributed by atoms with E-state index in [0.29, 0.717) is 6.54 Å². The second-order valence-electron chi connectivity index (χ2n) is 4.65. The molecule has 1 heterocycles. The predicted octanol–water partition coefficient (Wildman–Crippen LogP) is 0.242. The summed E-state index contributed by atoms with van der Waals surface area (Å²) < 4.78 is 46.7. The van der Waals surface area contributed by atoms with Crippen molar-refractivity contribution in [1.29, 1.82) is 0 Å². The summed E-state index contributed by atoms with van der Waals surface area (Å²) in [6.45, 7) is 4.10. The molecule has 114 valence electrons. The third-order valence-electron chi connectivity index (χ3n) is 2.33. The highest BCUT2D eigenvalue weighted by Crippen LogP contribution is 2.06. The zero-order valence-electron chi connectivity index (χ0n) is 11.0. The zero-order chi connectivity index (χ0) is 15.6. The molecule has 0 aliphatic heterocycles. The molecule has 0 aliphatic rings. The van der Waals surface area contributed by atoms with Gasteiger partial charge < -0.3 is 4.57 Å². The van der Waals surface area contributed by atoms with Crippen molar-refractivity contribution in [3.63, 3.8) is 0 Å². The molecule has 0 aromatic carbocycles. The molecule has 1 aromatic rings. The van der Waals surface area contributed by atoms with Crippen molar-refractivity contribution in [3.8, 4) is 0 Å². The lowest BCUT2D eigenvalue weighted by atomic mass is 10.2. The van der Waals surface area contributed by atoms with Crippen LogP contribution in [0.2, 0.25) is 0 Å². The molecule has 0 radical (unpaired) electrons. The fraction of sp³-hybridized carbons (Fsp3) is 0.600. The van der Waals surface area contributed by atoms with Crippen LogP contribution in [0.5, 0.6) is 0 Å². The smallest absolute Gasteiger partial charge is 0.288 e. The van der Waals surface area contributed by atoms with Gasteiger partial charge in [0.15, 0.2) is 0 Å². The highest BCUT2D eigenvalue weighted by atomic mass is 35.7. The van der Waals surface area contributed by atoms with Gasteiger partial charge in [-0.1, -0.05) is 13.8 Å². The number of hydrogen-bond donors (Lipinski definition) is 0. The van der Waals surface area contributed by atoms with Crippen molar-refractivity contribution in [2.45, 2.75) is 25.4 Å². The Bertz CT molecular complexity index is 737. The van der Waals surface area contributed by atoms with Crippen LogP contribution in [0.4, 0.5) is 0 Å². The first-order chi connectivity index (χ1) is 9.03. The van der Waals surface area contributed by atoms with E-state index in [-0.39, 0.29) is 5.92 Å². The Morgan fingerprint density at radius 1 is 1.25 bits per heavy atom. The molecule has 0 aliphatic carbocycles. The van der Waals surface area contributed by atoms with Gasteiger partial charge in [-0.3, -0.25) is 4.79 Å². The largest absolute Gasteiger partial charge is 0.311 e. The topological polar surface area (TPSA) is 103 Å². The van der Waals surface area contributed by atoms with E-state index < -0.39 is 41.0 Å². The van der Waals surface area contributed by atoms with Crippen LogP contribution < -0.4 is 5.56 Å². The van der Waals surface area contributed by atoms with E-state index >= 15 is 0 Å². The lowest BCUT2D eigenvalue weighted by Crippen LogP contribution is -2.30. The Balaban J connectivity index is 3.17. The zero-order valence-corrected chi connectivity index (χ0v) is 13.4. The second-order valence-corrected chi connectivity index (χ2v) is 9.57. The molecule has 1 aromatic heterocycles. The van der Waals surface area contributed by atoms with E-state index in [9.17, 15) is 21.6 Å². The maximum atomic E-state index is 12.0. The Hall–Kier alpha value is -0.930. The first-order valence-corrected chi connectivity index (χ1v) is 9.86. The van der Waals surface area contributed by atoms with E-state index in [1.54, 1.807) is 0 Å². The molecule has 20 heavy (non-hydrogen) atoms. The van der Waals surface area contributed by atoms with Crippen molar-refractivity contribution < 1.29 is 16.8 Å². The van der Waals surface area contributed by atoms with Crippen LogP contribution in [-0.2, 0) is 25.4 Å². The lowest BCUT2D eigenvalue weighted by Gasteiger charge is -2.09. The number of nitrogens with zero attached hydrogens (tertiary/aromatic N) is 2. The van der Waals surface area contributed by atoms with Crippen molar-refractivity contribution in [3.05, 3.63) is 22.7 Å². The quantitative estimate of drug-likeness (QED) is 0.686. The summed E-state index contributed by atoms with van der Waals surface area (Å²) in [7, 11) is -3.07. The lowest BCUT2D eigenvalue weighted by molar-refractivity contribution is 0.499. The minimum absolute atomic E-state index is 0.147. The van der Waals surface area contributed by atoms with Gasteiger partial charge in [0, 0.05) is 29.6 Å². The Kier molecular flexibility index (Phi) is 5.33. The molecule has 1 rings (SSSR count). The van der Waals surface area contributed by atoms with Gasteiger partial charge >= 0.3 is 0 Å².